The van der Waals surface area contributed by atoms with E-state index in [4.69, 9.17) is 0 Å². The van der Waals surface area contributed by atoms with Gasteiger partial charge in [-0.05, 0) is 61.1 Å². The maximum Gasteiger partial charge on any atom is 0.205 e. The minimum Gasteiger partial charge on any atom is -0.330 e. The highest BCUT2D eigenvalue weighted by molar-refractivity contribution is 6.07. The fraction of sp³-hybridized carbons (Fsp3) is 0.241. The van der Waals surface area contributed by atoms with Gasteiger partial charge >= 0.3 is 0 Å². The number of nitrogens with zero attached hydrogens (tertiary/aromatic N) is 2. The van der Waals surface area contributed by atoms with Crippen LogP contribution in [0.15, 0.2) is 89.3 Å². The number of imidazole rings is 1. The highest BCUT2D eigenvalue weighted by Crippen LogP contribution is 2.31. The summed E-state index contributed by atoms with van der Waals surface area (Å²) in [5, 5.41) is 7.78. The van der Waals surface area contributed by atoms with E-state index in [0.29, 0.717) is 17.9 Å². The molecule has 1 aliphatic carbocycles. The molecule has 1 aliphatic heterocycles. The summed E-state index contributed by atoms with van der Waals surface area (Å²) in [5.41, 5.74) is 12.0. The van der Waals surface area contributed by atoms with E-state index >= 15 is 0 Å². The summed E-state index contributed by atoms with van der Waals surface area (Å²) in [6.45, 7) is 10.3. The number of hydrazone groups is 1. The Bertz CT molecular complexity index is 1410. The number of hydrogen-bond donors (Lipinski definition) is 3. The van der Waals surface area contributed by atoms with Crippen molar-refractivity contribution in [2.75, 3.05) is 5.32 Å². The van der Waals surface area contributed by atoms with Crippen LogP contribution in [0, 0.1) is 5.82 Å². The van der Waals surface area contributed by atoms with Crippen molar-refractivity contribution in [2.24, 2.45) is 5.10 Å². The lowest BCUT2D eigenvalue weighted by atomic mass is 9.88. The van der Waals surface area contributed by atoms with Crippen LogP contribution >= 0.6 is 0 Å². The van der Waals surface area contributed by atoms with E-state index in [2.05, 4.69) is 58.0 Å². The second-order valence-corrected chi connectivity index (χ2v) is 9.10. The Hall–Kier alpha value is -3.93. The van der Waals surface area contributed by atoms with Crippen molar-refractivity contribution in [1.82, 2.24) is 15.4 Å². The van der Waals surface area contributed by atoms with Gasteiger partial charge in [-0.2, -0.15) is 5.10 Å². The standard InChI is InChI=1S/C29H30FN5/c1-4-5-8-18(2)31-29-32-26-14-12-21(17-28(26)33-29)24-15-20(11-13-25(24)30)16-27-23-10-7-6-9-22(23)19(3)34-35-27/h9-15,17,34H,2-8,16H2,1H3,(H2,31,32,33). The van der Waals surface area contributed by atoms with Crippen LogP contribution in [0.25, 0.3) is 22.2 Å². The molecule has 35 heavy (non-hydrogen) atoms. The first-order chi connectivity index (χ1) is 17.0. The van der Waals surface area contributed by atoms with Crippen LogP contribution < -0.4 is 10.7 Å². The normalized spacial score (nSPS) is 15.1. The number of allylic oxidation sites excluding steroid dienone is 4. The molecule has 0 saturated carbocycles. The minimum atomic E-state index is -0.260. The van der Waals surface area contributed by atoms with Crippen molar-refractivity contribution in [1.29, 1.82) is 0 Å². The van der Waals surface area contributed by atoms with E-state index < -0.39 is 0 Å². The number of hydrogen-bond acceptors (Lipinski definition) is 4. The van der Waals surface area contributed by atoms with E-state index in [0.717, 1.165) is 82.5 Å². The van der Waals surface area contributed by atoms with Crippen molar-refractivity contribution >= 4 is 22.7 Å². The summed E-state index contributed by atoms with van der Waals surface area (Å²) in [7, 11) is 0. The van der Waals surface area contributed by atoms with E-state index in [-0.39, 0.29) is 5.82 Å². The predicted octanol–water partition coefficient (Wildman–Crippen LogP) is 7.15. The third-order valence-electron chi connectivity index (χ3n) is 6.44. The zero-order chi connectivity index (χ0) is 24.4. The zero-order valence-corrected chi connectivity index (χ0v) is 20.0. The number of aromatic nitrogens is 2. The summed E-state index contributed by atoms with van der Waals surface area (Å²) in [6, 6.07) is 11.1. The monoisotopic (exact) mass is 467 g/mol. The van der Waals surface area contributed by atoms with E-state index in [1.165, 1.54) is 6.07 Å². The largest absolute Gasteiger partial charge is 0.330 e. The lowest BCUT2D eigenvalue weighted by molar-refractivity contribution is 0.631. The second kappa shape index (κ2) is 9.74. The molecule has 0 atom stereocenters. The van der Waals surface area contributed by atoms with Gasteiger partial charge in [0, 0.05) is 28.8 Å². The van der Waals surface area contributed by atoms with Crippen LogP contribution in [0.1, 0.15) is 44.6 Å². The molecular formula is C29H30FN5. The zero-order valence-electron chi connectivity index (χ0n) is 20.0. The molecule has 3 aromatic rings. The topological polar surface area (TPSA) is 65.1 Å². The maximum absolute atomic E-state index is 14.9. The van der Waals surface area contributed by atoms with Gasteiger partial charge < -0.3 is 10.3 Å². The van der Waals surface area contributed by atoms with Crippen LogP contribution in [0.5, 0.6) is 0 Å². The number of rotatable bonds is 8. The molecule has 5 nitrogen and oxygen atoms in total. The summed E-state index contributed by atoms with van der Waals surface area (Å²) >= 11 is 0. The second-order valence-electron chi connectivity index (χ2n) is 9.10. The lowest BCUT2D eigenvalue weighted by Gasteiger charge is -2.24. The number of benzene rings is 2. The highest BCUT2D eigenvalue weighted by Gasteiger charge is 2.22. The fourth-order valence-electron chi connectivity index (χ4n) is 4.57. The van der Waals surface area contributed by atoms with Crippen molar-refractivity contribution < 1.29 is 4.39 Å². The van der Waals surface area contributed by atoms with E-state index in [9.17, 15) is 4.39 Å². The van der Waals surface area contributed by atoms with Gasteiger partial charge in [0.25, 0.3) is 0 Å². The number of unbranched alkanes of at least 4 members (excludes halogenated alkanes) is 1. The van der Waals surface area contributed by atoms with Crippen LogP contribution in [0.3, 0.4) is 0 Å². The number of anilines is 1. The number of halogens is 1. The van der Waals surface area contributed by atoms with Gasteiger partial charge in [-0.3, -0.25) is 5.43 Å². The van der Waals surface area contributed by atoms with Crippen molar-refractivity contribution in [3.63, 3.8) is 0 Å². The average molecular weight is 468 g/mol. The molecule has 0 unspecified atom stereocenters. The van der Waals surface area contributed by atoms with Crippen LogP contribution in [-0.2, 0) is 6.42 Å². The molecule has 178 valence electrons. The van der Waals surface area contributed by atoms with Gasteiger partial charge in [0.1, 0.15) is 5.82 Å². The van der Waals surface area contributed by atoms with Crippen molar-refractivity contribution in [3.05, 3.63) is 95.6 Å². The van der Waals surface area contributed by atoms with E-state index in [1.807, 2.05) is 30.3 Å². The molecule has 6 heteroatoms. The summed E-state index contributed by atoms with van der Waals surface area (Å²) in [4.78, 5) is 7.92. The van der Waals surface area contributed by atoms with Crippen molar-refractivity contribution in [2.45, 2.75) is 45.4 Å². The molecule has 0 saturated heterocycles. The molecule has 2 aliphatic rings. The summed E-state index contributed by atoms with van der Waals surface area (Å²) in [5.74, 6) is 0.394. The van der Waals surface area contributed by atoms with Crippen LogP contribution in [0.4, 0.5) is 10.3 Å². The first-order valence-electron chi connectivity index (χ1n) is 12.2. The number of fused-ring (bicyclic) bond motifs is 2. The van der Waals surface area contributed by atoms with Gasteiger partial charge in [0.2, 0.25) is 5.95 Å². The molecule has 3 N–H and O–H groups in total. The fourth-order valence-corrected chi connectivity index (χ4v) is 4.57. The Labute approximate surface area is 205 Å². The molecule has 0 amide bonds. The maximum atomic E-state index is 14.9. The Morgan fingerprint density at radius 2 is 1.94 bits per heavy atom. The molecule has 2 aromatic carbocycles. The molecule has 0 radical (unpaired) electrons. The Kier molecular flexibility index (Phi) is 6.36. The van der Waals surface area contributed by atoms with Gasteiger partial charge in [-0.25, -0.2) is 9.37 Å². The Balaban J connectivity index is 1.40. The molecule has 1 aromatic heterocycles. The van der Waals surface area contributed by atoms with Gasteiger partial charge in [-0.15, -0.1) is 0 Å². The summed E-state index contributed by atoms with van der Waals surface area (Å²) < 4.78 is 14.9. The number of aromatic amines is 1. The quantitative estimate of drug-likeness (QED) is 0.330. The first-order valence-corrected chi connectivity index (χ1v) is 12.2. The average Bonchev–Trinajstić information content (AvgIpc) is 3.27. The minimum absolute atomic E-state index is 0.260. The van der Waals surface area contributed by atoms with Crippen LogP contribution in [-0.4, -0.2) is 15.7 Å². The third kappa shape index (κ3) is 4.83. The smallest absolute Gasteiger partial charge is 0.205 e. The predicted molar refractivity (Wildman–Crippen MR) is 143 cm³/mol. The summed E-state index contributed by atoms with van der Waals surface area (Å²) in [6.07, 6.45) is 10.1. The van der Waals surface area contributed by atoms with E-state index in [1.54, 1.807) is 0 Å². The SMILES string of the molecule is C=C(CCCC)Nc1nc2cc(-c3cc(CC4=NNC(=C)C5=CCCC=C54)ccc3F)ccc2[nH]1. The first kappa shape index (κ1) is 22.8. The number of H-pyrrole nitrogens is 1. The molecule has 0 spiro atoms. The van der Waals surface area contributed by atoms with Gasteiger partial charge in [0.15, 0.2) is 0 Å². The van der Waals surface area contributed by atoms with Gasteiger partial charge in [-0.1, -0.05) is 50.8 Å². The van der Waals surface area contributed by atoms with Crippen molar-refractivity contribution in [3.8, 4) is 11.1 Å². The third-order valence-corrected chi connectivity index (χ3v) is 6.44. The molecule has 0 bridgehead atoms. The molecule has 2 heterocycles. The number of nitrogens with one attached hydrogen (secondary N) is 3. The Morgan fingerprint density at radius 3 is 2.77 bits per heavy atom. The van der Waals surface area contributed by atoms with Gasteiger partial charge in [0.05, 0.1) is 22.4 Å². The lowest BCUT2D eigenvalue weighted by Crippen LogP contribution is -2.24. The Morgan fingerprint density at radius 1 is 1.11 bits per heavy atom. The molecule has 0 fully saturated rings. The molecule has 5 rings (SSSR count). The molecular weight excluding hydrogens is 437 g/mol. The van der Waals surface area contributed by atoms with Crippen LogP contribution in [0.2, 0.25) is 0 Å². The highest BCUT2D eigenvalue weighted by atomic mass is 19.1.